The number of rotatable bonds is 3. The van der Waals surface area contributed by atoms with Crippen LogP contribution in [0.5, 0.6) is 0 Å². The third-order valence-electron chi connectivity index (χ3n) is 8.30. The molecule has 1 atom stereocenters. The average molecular weight is 434 g/mol. The van der Waals surface area contributed by atoms with Crippen molar-refractivity contribution in [2.75, 3.05) is 0 Å². The number of aryl methyl sites for hydroxylation is 1. The molecule has 33 heavy (non-hydrogen) atoms. The number of hydrogen-bond acceptors (Lipinski definition) is 0. The summed E-state index contributed by atoms with van der Waals surface area (Å²) >= 11 is 0. The minimum absolute atomic E-state index is 0.110. The van der Waals surface area contributed by atoms with E-state index in [1.807, 2.05) is 0 Å². The zero-order valence-corrected chi connectivity index (χ0v) is 20.0. The Balaban J connectivity index is 1.75. The van der Waals surface area contributed by atoms with Gasteiger partial charge in [0.1, 0.15) is 11.4 Å². The van der Waals surface area contributed by atoms with Gasteiger partial charge in [0.05, 0.1) is 5.41 Å². The van der Waals surface area contributed by atoms with E-state index in [9.17, 15) is 0 Å². The summed E-state index contributed by atoms with van der Waals surface area (Å²) < 4.78 is 5.08. The molecule has 4 aromatic rings. The summed E-state index contributed by atoms with van der Waals surface area (Å²) in [6, 6.07) is 29.3. The third-order valence-corrected chi connectivity index (χ3v) is 8.30. The average Bonchev–Trinajstić information content (AvgIpc) is 3.31. The van der Waals surface area contributed by atoms with Gasteiger partial charge in [-0.3, -0.25) is 0 Å². The summed E-state index contributed by atoms with van der Waals surface area (Å²) in [5, 5.41) is 0. The van der Waals surface area contributed by atoms with E-state index < -0.39 is 0 Å². The topological polar surface area (TPSA) is 8.81 Å². The summed E-state index contributed by atoms with van der Waals surface area (Å²) in [5.41, 5.74) is 9.62. The molecular formula is C31H33N2+. The summed E-state index contributed by atoms with van der Waals surface area (Å²) in [6.45, 7) is 6.86. The van der Waals surface area contributed by atoms with Crippen LogP contribution in [-0.2, 0) is 5.41 Å². The van der Waals surface area contributed by atoms with Crippen LogP contribution in [0.1, 0.15) is 66.0 Å². The molecule has 0 amide bonds. The summed E-state index contributed by atoms with van der Waals surface area (Å²) in [6.07, 6.45) is 6.61. The Kier molecular flexibility index (Phi) is 4.79. The van der Waals surface area contributed by atoms with Crippen molar-refractivity contribution in [1.29, 1.82) is 0 Å². The molecule has 0 spiro atoms. The third kappa shape index (κ3) is 2.76. The molecule has 0 N–H and O–H groups in total. The van der Waals surface area contributed by atoms with Crippen LogP contribution < -0.4 is 4.57 Å². The molecule has 1 aliphatic carbocycles. The van der Waals surface area contributed by atoms with Gasteiger partial charge in [0, 0.05) is 19.4 Å². The number of para-hydroxylation sites is 2. The number of fused-ring (bicyclic) bond motifs is 3. The van der Waals surface area contributed by atoms with Gasteiger partial charge in [0.25, 0.3) is 5.82 Å². The van der Waals surface area contributed by atoms with Crippen molar-refractivity contribution in [2.24, 2.45) is 5.92 Å². The monoisotopic (exact) mass is 433 g/mol. The molecule has 0 radical (unpaired) electrons. The first-order chi connectivity index (χ1) is 16.2. The van der Waals surface area contributed by atoms with Gasteiger partial charge in [-0.1, -0.05) is 86.0 Å². The van der Waals surface area contributed by atoms with Gasteiger partial charge in [0.2, 0.25) is 0 Å². The fourth-order valence-corrected chi connectivity index (χ4v) is 7.01. The molecule has 2 aliphatic rings. The Bertz CT molecular complexity index is 1320. The summed E-state index contributed by atoms with van der Waals surface area (Å²) in [5.74, 6) is 1.90. The van der Waals surface area contributed by atoms with E-state index in [1.165, 1.54) is 77.4 Å². The van der Waals surface area contributed by atoms with Gasteiger partial charge in [-0.05, 0) is 48.9 Å². The second-order valence-electron chi connectivity index (χ2n) is 9.96. The van der Waals surface area contributed by atoms with Crippen LogP contribution in [0.4, 0.5) is 0 Å². The Morgan fingerprint density at radius 2 is 1.42 bits per heavy atom. The van der Waals surface area contributed by atoms with E-state index in [0.29, 0.717) is 5.92 Å². The minimum Gasteiger partial charge on any atom is -0.197 e. The maximum atomic E-state index is 2.58. The Morgan fingerprint density at radius 1 is 0.758 bits per heavy atom. The molecule has 2 heteroatoms. The van der Waals surface area contributed by atoms with Crippen LogP contribution in [0.15, 0.2) is 78.9 Å². The largest absolute Gasteiger partial charge is 0.264 e. The van der Waals surface area contributed by atoms with Crippen molar-refractivity contribution in [3.05, 3.63) is 113 Å². The second-order valence-corrected chi connectivity index (χ2v) is 9.96. The fraction of sp³-hybridized carbons (Fsp3) is 0.323. The first kappa shape index (κ1) is 20.5. The predicted molar refractivity (Wildman–Crippen MR) is 134 cm³/mol. The highest BCUT2D eigenvalue weighted by Gasteiger charge is 2.57. The maximum absolute atomic E-state index is 2.58. The number of benzene rings is 3. The summed E-state index contributed by atoms with van der Waals surface area (Å²) in [4.78, 5) is 0. The number of hydrogen-bond donors (Lipinski definition) is 0. The fourth-order valence-electron chi connectivity index (χ4n) is 7.01. The van der Waals surface area contributed by atoms with Gasteiger partial charge < -0.3 is 0 Å². The van der Waals surface area contributed by atoms with E-state index in [0.717, 1.165) is 0 Å². The van der Waals surface area contributed by atoms with Crippen molar-refractivity contribution in [3.63, 3.8) is 0 Å². The van der Waals surface area contributed by atoms with Crippen LogP contribution in [0.25, 0.3) is 11.4 Å². The molecule has 166 valence electrons. The first-order valence-corrected chi connectivity index (χ1v) is 12.5. The van der Waals surface area contributed by atoms with E-state index in [4.69, 9.17) is 0 Å². The smallest absolute Gasteiger partial charge is 0.197 e. The number of nitrogens with zero attached hydrogens (tertiary/aromatic N) is 2. The van der Waals surface area contributed by atoms with Crippen LogP contribution in [0.2, 0.25) is 0 Å². The molecule has 3 aromatic carbocycles. The van der Waals surface area contributed by atoms with E-state index >= 15 is 0 Å². The van der Waals surface area contributed by atoms with E-state index in [1.54, 1.807) is 0 Å². The SMILES string of the molecule is Cc1ccccc1-n1c(C)c2[n+](c1C)-c1ccccc1C2(c1ccccc1)C1CCCCC1. The van der Waals surface area contributed by atoms with E-state index in [2.05, 4.69) is 109 Å². The Hall–Kier alpha value is -3.13. The lowest BCUT2D eigenvalue weighted by atomic mass is 9.60. The molecule has 2 nitrogen and oxygen atoms in total. The van der Waals surface area contributed by atoms with Gasteiger partial charge in [-0.15, -0.1) is 0 Å². The number of imidazole rings is 1. The van der Waals surface area contributed by atoms with Crippen LogP contribution in [0.3, 0.4) is 0 Å². The van der Waals surface area contributed by atoms with Crippen molar-refractivity contribution < 1.29 is 4.57 Å². The summed E-state index contributed by atoms with van der Waals surface area (Å²) in [7, 11) is 0. The molecule has 1 unspecified atom stereocenters. The van der Waals surface area contributed by atoms with Crippen molar-refractivity contribution in [3.8, 4) is 11.4 Å². The zero-order chi connectivity index (χ0) is 22.6. The standard InChI is InChI=1S/C31H33N2/c1-22-14-10-12-20-28(22)32-23(2)30-31(25-15-6-4-7-16-25,26-17-8-5-9-18-26)27-19-11-13-21-29(27)33(30)24(32)3/h4,6-7,10-16,19-21,26H,5,8-9,17-18H2,1-3H3/q+1. The molecule has 0 bridgehead atoms. The molecule has 1 saturated carbocycles. The molecule has 6 rings (SSSR count). The molecular weight excluding hydrogens is 400 g/mol. The van der Waals surface area contributed by atoms with Crippen LogP contribution in [-0.4, -0.2) is 4.57 Å². The van der Waals surface area contributed by atoms with Gasteiger partial charge >= 0.3 is 0 Å². The molecule has 0 saturated heterocycles. The highest BCUT2D eigenvalue weighted by molar-refractivity contribution is 5.60. The van der Waals surface area contributed by atoms with Gasteiger partial charge in [-0.25, -0.2) is 0 Å². The van der Waals surface area contributed by atoms with E-state index in [-0.39, 0.29) is 5.41 Å². The lowest BCUT2D eigenvalue weighted by Gasteiger charge is -2.39. The molecule has 2 heterocycles. The zero-order valence-electron chi connectivity index (χ0n) is 20.0. The Labute approximate surface area is 197 Å². The van der Waals surface area contributed by atoms with Crippen molar-refractivity contribution in [1.82, 2.24) is 4.57 Å². The van der Waals surface area contributed by atoms with Crippen molar-refractivity contribution in [2.45, 2.75) is 58.3 Å². The molecule has 1 fully saturated rings. The lowest BCUT2D eigenvalue weighted by molar-refractivity contribution is -0.606. The van der Waals surface area contributed by atoms with Crippen LogP contribution >= 0.6 is 0 Å². The molecule has 1 aromatic heterocycles. The van der Waals surface area contributed by atoms with Crippen LogP contribution in [0, 0.1) is 26.7 Å². The quantitative estimate of drug-likeness (QED) is 0.311. The highest BCUT2D eigenvalue weighted by Crippen LogP contribution is 2.54. The minimum atomic E-state index is -0.110. The second kappa shape index (κ2) is 7.73. The van der Waals surface area contributed by atoms with Gasteiger partial charge in [0.15, 0.2) is 11.4 Å². The predicted octanol–water partition coefficient (Wildman–Crippen LogP) is 6.91. The normalized spacial score (nSPS) is 20.0. The lowest BCUT2D eigenvalue weighted by Crippen LogP contribution is -2.42. The maximum Gasteiger partial charge on any atom is 0.264 e. The Morgan fingerprint density at radius 3 is 2.18 bits per heavy atom. The number of aromatic nitrogens is 2. The highest BCUT2D eigenvalue weighted by atomic mass is 15.2. The molecule has 1 aliphatic heterocycles. The van der Waals surface area contributed by atoms with Crippen molar-refractivity contribution >= 4 is 0 Å². The first-order valence-electron chi connectivity index (χ1n) is 12.5. The van der Waals surface area contributed by atoms with Gasteiger partial charge in [-0.2, -0.15) is 9.13 Å².